The summed E-state index contributed by atoms with van der Waals surface area (Å²) in [4.78, 5) is 0. The summed E-state index contributed by atoms with van der Waals surface area (Å²) in [6.07, 6.45) is 19.4. The van der Waals surface area contributed by atoms with Crippen LogP contribution in [0.1, 0.15) is 75.8 Å². The van der Waals surface area contributed by atoms with E-state index in [0.29, 0.717) is 6.42 Å². The topological polar surface area (TPSA) is 0 Å². The summed E-state index contributed by atoms with van der Waals surface area (Å²) in [5.74, 6) is 3.80. The Bertz CT molecular complexity index is 816. The summed E-state index contributed by atoms with van der Waals surface area (Å²) in [6.45, 7) is 1.88. The van der Waals surface area contributed by atoms with E-state index in [0.717, 1.165) is 29.2 Å². The van der Waals surface area contributed by atoms with Gasteiger partial charge in [0, 0.05) is 6.42 Å². The zero-order valence-corrected chi connectivity index (χ0v) is 19.9. The first-order valence-corrected chi connectivity index (χ1v) is 13.1. The van der Waals surface area contributed by atoms with Gasteiger partial charge in [-0.1, -0.05) is 73.5 Å². The maximum atomic E-state index is 12.5. The van der Waals surface area contributed by atoms with Gasteiger partial charge in [0.2, 0.25) is 0 Å². The van der Waals surface area contributed by atoms with Crippen LogP contribution in [0, 0.1) is 23.7 Å². The van der Waals surface area contributed by atoms with Crippen LogP contribution in [0.15, 0.2) is 60.7 Å². The molecule has 0 amide bonds. The van der Waals surface area contributed by atoms with E-state index in [9.17, 15) is 4.39 Å². The van der Waals surface area contributed by atoms with Crippen LogP contribution in [0.2, 0.25) is 0 Å². The Kier molecular flexibility index (Phi) is 8.60. The smallest absolute Gasteiger partial charge is 0.0934 e. The van der Waals surface area contributed by atoms with E-state index < -0.39 is 0 Å². The van der Waals surface area contributed by atoms with E-state index in [1.807, 2.05) is 12.1 Å². The molecule has 4 rings (SSSR count). The van der Waals surface area contributed by atoms with Crippen molar-refractivity contribution in [3.05, 3.63) is 71.8 Å². The lowest BCUT2D eigenvalue weighted by Gasteiger charge is -2.37. The van der Waals surface area contributed by atoms with Crippen LogP contribution in [0.5, 0.6) is 0 Å². The molecule has 0 atom stereocenters. The van der Waals surface area contributed by atoms with Gasteiger partial charge in [-0.2, -0.15) is 0 Å². The molecule has 0 aliphatic heterocycles. The number of halogens is 1. The molecule has 0 unspecified atom stereocenters. The van der Waals surface area contributed by atoms with Gasteiger partial charge in [0.05, 0.1) is 6.67 Å². The molecule has 0 N–H and O–H groups in total. The van der Waals surface area contributed by atoms with Crippen LogP contribution in [-0.4, -0.2) is 6.67 Å². The normalized spacial score (nSPS) is 26.4. The second-order valence-corrected chi connectivity index (χ2v) is 10.4. The molecule has 2 aromatic carbocycles. The van der Waals surface area contributed by atoms with Gasteiger partial charge in [0.15, 0.2) is 0 Å². The molecule has 172 valence electrons. The van der Waals surface area contributed by atoms with Crippen molar-refractivity contribution in [3.63, 3.8) is 0 Å². The highest BCUT2D eigenvalue weighted by Crippen LogP contribution is 2.42. The number of hydrogen-bond acceptors (Lipinski definition) is 0. The third-order valence-electron chi connectivity index (χ3n) is 8.30. The Morgan fingerprint density at radius 3 is 1.69 bits per heavy atom. The Balaban J connectivity index is 1.19. The molecule has 0 spiro atoms. The fraction of sp³-hybridized carbons (Fsp3) is 0.548. The van der Waals surface area contributed by atoms with Crippen LogP contribution in [0.4, 0.5) is 4.39 Å². The largest absolute Gasteiger partial charge is 0.251 e. The molecule has 0 aromatic heterocycles. The minimum Gasteiger partial charge on any atom is -0.251 e. The third-order valence-corrected chi connectivity index (χ3v) is 8.30. The third kappa shape index (κ3) is 6.33. The van der Waals surface area contributed by atoms with Crippen LogP contribution < -0.4 is 0 Å². The highest BCUT2D eigenvalue weighted by atomic mass is 19.1. The number of allylic oxidation sites excluding steroid dienone is 2. The quantitative estimate of drug-likeness (QED) is 0.365. The lowest BCUT2D eigenvalue weighted by molar-refractivity contribution is 0.152. The number of alkyl halides is 1. The highest BCUT2D eigenvalue weighted by Gasteiger charge is 2.30. The first-order valence-electron chi connectivity index (χ1n) is 13.1. The minimum absolute atomic E-state index is 0.284. The lowest BCUT2D eigenvalue weighted by Crippen LogP contribution is -2.25. The number of hydrogen-bond donors (Lipinski definition) is 0. The second kappa shape index (κ2) is 11.8. The van der Waals surface area contributed by atoms with Crippen molar-refractivity contribution in [2.24, 2.45) is 23.7 Å². The molecular formula is C31H41F. The summed E-state index contributed by atoms with van der Waals surface area (Å²) in [6, 6.07) is 17.4. The lowest BCUT2D eigenvalue weighted by atomic mass is 9.68. The van der Waals surface area contributed by atoms with Gasteiger partial charge in [0.1, 0.15) is 0 Å². The molecule has 2 saturated carbocycles. The predicted octanol–water partition coefficient (Wildman–Crippen LogP) is 8.99. The van der Waals surface area contributed by atoms with Gasteiger partial charge < -0.3 is 0 Å². The maximum Gasteiger partial charge on any atom is 0.0934 e. The van der Waals surface area contributed by atoms with Crippen LogP contribution in [0.25, 0.3) is 11.1 Å². The van der Waals surface area contributed by atoms with Crippen molar-refractivity contribution in [2.45, 2.75) is 77.6 Å². The molecule has 2 fully saturated rings. The summed E-state index contributed by atoms with van der Waals surface area (Å²) in [7, 11) is 0. The van der Waals surface area contributed by atoms with Crippen molar-refractivity contribution >= 4 is 0 Å². The summed E-state index contributed by atoms with van der Waals surface area (Å²) < 4.78 is 12.5. The summed E-state index contributed by atoms with van der Waals surface area (Å²) >= 11 is 0. The van der Waals surface area contributed by atoms with Gasteiger partial charge >= 0.3 is 0 Å². The van der Waals surface area contributed by atoms with Crippen molar-refractivity contribution < 1.29 is 4.39 Å². The maximum absolute atomic E-state index is 12.5. The van der Waals surface area contributed by atoms with Gasteiger partial charge in [0.25, 0.3) is 0 Å². The number of rotatable bonds is 8. The molecule has 2 aromatic rings. The van der Waals surface area contributed by atoms with Crippen molar-refractivity contribution in [3.8, 4) is 11.1 Å². The van der Waals surface area contributed by atoms with E-state index in [1.54, 1.807) is 0 Å². The Labute approximate surface area is 195 Å². The molecular weight excluding hydrogens is 391 g/mol. The van der Waals surface area contributed by atoms with Gasteiger partial charge in [-0.25, -0.2) is 0 Å². The number of benzene rings is 2. The van der Waals surface area contributed by atoms with E-state index in [1.165, 1.54) is 80.9 Å². The highest BCUT2D eigenvalue weighted by molar-refractivity contribution is 5.64. The minimum atomic E-state index is -0.284. The van der Waals surface area contributed by atoms with Crippen molar-refractivity contribution in [1.82, 2.24) is 0 Å². The molecule has 0 radical (unpaired) electrons. The van der Waals surface area contributed by atoms with Gasteiger partial charge in [-0.05, 0) is 104 Å². The Morgan fingerprint density at radius 1 is 0.688 bits per heavy atom. The molecule has 32 heavy (non-hydrogen) atoms. The average molecular weight is 433 g/mol. The fourth-order valence-electron chi connectivity index (χ4n) is 6.24. The van der Waals surface area contributed by atoms with Crippen LogP contribution >= 0.6 is 0 Å². The molecule has 2 aliphatic rings. The van der Waals surface area contributed by atoms with Gasteiger partial charge in [-0.3, -0.25) is 4.39 Å². The van der Waals surface area contributed by atoms with E-state index in [4.69, 9.17) is 0 Å². The number of aryl methyl sites for hydroxylation is 2. The predicted molar refractivity (Wildman–Crippen MR) is 136 cm³/mol. The molecule has 0 heterocycles. The first-order chi connectivity index (χ1) is 15.7. The van der Waals surface area contributed by atoms with Crippen LogP contribution in [-0.2, 0) is 12.8 Å². The molecule has 0 nitrogen and oxygen atoms in total. The molecule has 1 heteroatoms. The Hall–Kier alpha value is -1.89. The SMILES string of the molecule is C/C=C/[C@H]1CC[C@H](C2CCC(CCc3ccc(-c4ccc(CCF)cc4)cc3)CC2)CC1. The summed E-state index contributed by atoms with van der Waals surface area (Å²) in [5, 5.41) is 0. The van der Waals surface area contributed by atoms with Crippen LogP contribution in [0.3, 0.4) is 0 Å². The summed E-state index contributed by atoms with van der Waals surface area (Å²) in [5.41, 5.74) is 5.01. The van der Waals surface area contributed by atoms with Gasteiger partial charge in [-0.15, -0.1) is 0 Å². The molecule has 0 bridgehead atoms. The second-order valence-electron chi connectivity index (χ2n) is 10.4. The van der Waals surface area contributed by atoms with Crippen molar-refractivity contribution in [2.75, 3.05) is 6.67 Å². The van der Waals surface area contributed by atoms with Crippen molar-refractivity contribution in [1.29, 1.82) is 0 Å². The molecule has 2 aliphatic carbocycles. The fourth-order valence-corrected chi connectivity index (χ4v) is 6.24. The average Bonchev–Trinajstić information content (AvgIpc) is 2.85. The first kappa shape index (κ1) is 23.3. The molecule has 0 saturated heterocycles. The monoisotopic (exact) mass is 432 g/mol. The van der Waals surface area contributed by atoms with E-state index in [2.05, 4.69) is 55.5 Å². The van der Waals surface area contributed by atoms with E-state index in [-0.39, 0.29) is 6.67 Å². The standard InChI is InChI=1S/C31H41F/c1-2-3-24-6-14-28(15-7-24)29-16-8-25(9-17-29)4-5-26-10-18-30(19-11-26)31-20-12-27(13-21-31)22-23-32/h2-3,10-13,18-21,24-25,28-29H,4-9,14-17,22-23H2,1H3/b3-2+/t24-,25?,28-,29?. The Morgan fingerprint density at radius 2 is 1.19 bits per heavy atom. The van der Waals surface area contributed by atoms with E-state index >= 15 is 0 Å². The zero-order valence-electron chi connectivity index (χ0n) is 19.9. The zero-order chi connectivity index (χ0) is 22.2.